The standard InChI is InChI=1S/C13H23N3O4S/c1-9(17)15-4-6-16(7-5-15)10(18)8-21-13(2,3)11(14)12(19)20/h11H,4-8,14H2,1-3H3,(H,19,20)/t11-/m0/s1. The Morgan fingerprint density at radius 2 is 1.67 bits per heavy atom. The summed E-state index contributed by atoms with van der Waals surface area (Å²) in [5, 5.41) is 8.94. The molecule has 0 aromatic rings. The molecule has 0 aromatic carbocycles. The number of piperazine rings is 1. The predicted octanol–water partition coefficient (Wildman–Crippen LogP) is -0.399. The maximum absolute atomic E-state index is 12.1. The fraction of sp³-hybridized carbons (Fsp3) is 0.769. The Bertz CT molecular complexity index is 420. The average molecular weight is 317 g/mol. The Balaban J connectivity index is 2.45. The largest absolute Gasteiger partial charge is 0.480 e. The number of carbonyl (C=O) groups is 3. The summed E-state index contributed by atoms with van der Waals surface area (Å²) in [7, 11) is 0. The zero-order chi connectivity index (χ0) is 16.2. The maximum Gasteiger partial charge on any atom is 0.321 e. The van der Waals surface area contributed by atoms with Gasteiger partial charge in [-0.2, -0.15) is 0 Å². The van der Waals surface area contributed by atoms with Crippen molar-refractivity contribution in [1.29, 1.82) is 0 Å². The molecule has 7 nitrogen and oxygen atoms in total. The molecule has 0 radical (unpaired) electrons. The summed E-state index contributed by atoms with van der Waals surface area (Å²) in [6.07, 6.45) is 0. The van der Waals surface area contributed by atoms with Crippen LogP contribution in [0.25, 0.3) is 0 Å². The van der Waals surface area contributed by atoms with Crippen LogP contribution in [0, 0.1) is 0 Å². The number of thioether (sulfide) groups is 1. The number of carboxylic acid groups (broad SMARTS) is 1. The number of nitrogens with zero attached hydrogens (tertiary/aromatic N) is 2. The first-order valence-corrected chi connectivity index (χ1v) is 7.79. The second-order valence-corrected chi connectivity index (χ2v) is 7.22. The van der Waals surface area contributed by atoms with Gasteiger partial charge in [0.15, 0.2) is 0 Å². The lowest BCUT2D eigenvalue weighted by atomic mass is 10.1. The van der Waals surface area contributed by atoms with Crippen molar-refractivity contribution in [2.75, 3.05) is 31.9 Å². The van der Waals surface area contributed by atoms with Crippen molar-refractivity contribution in [2.24, 2.45) is 5.73 Å². The van der Waals surface area contributed by atoms with Gasteiger partial charge in [0.05, 0.1) is 5.75 Å². The lowest BCUT2D eigenvalue weighted by Crippen LogP contribution is -2.51. The number of hydrogen-bond donors (Lipinski definition) is 2. The van der Waals surface area contributed by atoms with Crippen LogP contribution in [0.2, 0.25) is 0 Å². The van der Waals surface area contributed by atoms with Gasteiger partial charge in [-0.05, 0) is 13.8 Å². The third-order valence-corrected chi connectivity index (χ3v) is 5.05. The molecule has 0 spiro atoms. The van der Waals surface area contributed by atoms with Gasteiger partial charge in [-0.25, -0.2) is 0 Å². The Morgan fingerprint density at radius 1 is 1.19 bits per heavy atom. The molecule has 3 N–H and O–H groups in total. The van der Waals surface area contributed by atoms with E-state index in [2.05, 4.69) is 0 Å². The summed E-state index contributed by atoms with van der Waals surface area (Å²) >= 11 is 1.25. The zero-order valence-corrected chi connectivity index (χ0v) is 13.5. The van der Waals surface area contributed by atoms with Gasteiger partial charge in [0, 0.05) is 37.8 Å². The highest BCUT2D eigenvalue weighted by Gasteiger charge is 2.34. The number of carboxylic acids is 1. The van der Waals surface area contributed by atoms with E-state index in [0.717, 1.165) is 0 Å². The first-order chi connectivity index (χ1) is 9.65. The molecule has 1 fully saturated rings. The number of rotatable bonds is 5. The van der Waals surface area contributed by atoms with Gasteiger partial charge in [0.2, 0.25) is 11.8 Å². The molecule has 0 bridgehead atoms. The van der Waals surface area contributed by atoms with Crippen molar-refractivity contribution < 1.29 is 19.5 Å². The quantitative estimate of drug-likeness (QED) is 0.715. The van der Waals surface area contributed by atoms with E-state index in [1.807, 2.05) is 0 Å². The van der Waals surface area contributed by atoms with E-state index < -0.39 is 16.8 Å². The summed E-state index contributed by atoms with van der Waals surface area (Å²) in [4.78, 5) is 37.7. The van der Waals surface area contributed by atoms with Gasteiger partial charge >= 0.3 is 5.97 Å². The van der Waals surface area contributed by atoms with Crippen LogP contribution in [-0.4, -0.2) is 75.4 Å². The smallest absolute Gasteiger partial charge is 0.321 e. The van der Waals surface area contributed by atoms with E-state index >= 15 is 0 Å². The minimum atomic E-state index is -1.07. The summed E-state index contributed by atoms with van der Waals surface area (Å²) in [5.41, 5.74) is 5.62. The summed E-state index contributed by atoms with van der Waals surface area (Å²) < 4.78 is -0.720. The molecule has 2 amide bonds. The van der Waals surface area contributed by atoms with Gasteiger partial charge in [-0.3, -0.25) is 14.4 Å². The molecule has 1 saturated heterocycles. The second kappa shape index (κ2) is 7.13. The monoisotopic (exact) mass is 317 g/mol. The highest BCUT2D eigenvalue weighted by Crippen LogP contribution is 2.27. The minimum absolute atomic E-state index is 0.0186. The van der Waals surface area contributed by atoms with E-state index in [1.165, 1.54) is 18.7 Å². The van der Waals surface area contributed by atoms with Crippen molar-refractivity contribution in [2.45, 2.75) is 31.6 Å². The Morgan fingerprint density at radius 3 is 2.10 bits per heavy atom. The van der Waals surface area contributed by atoms with Crippen LogP contribution in [0.5, 0.6) is 0 Å². The lowest BCUT2D eigenvalue weighted by molar-refractivity contribution is -0.139. The fourth-order valence-corrected chi connectivity index (χ4v) is 2.96. The molecule has 21 heavy (non-hydrogen) atoms. The number of carbonyl (C=O) groups excluding carboxylic acids is 2. The summed E-state index contributed by atoms with van der Waals surface area (Å²) in [6, 6.07) is -1.02. The Hall–Kier alpha value is -1.28. The predicted molar refractivity (Wildman–Crippen MR) is 81.0 cm³/mol. The molecule has 8 heteroatoms. The molecule has 0 aliphatic carbocycles. The molecule has 1 aliphatic heterocycles. The topological polar surface area (TPSA) is 104 Å². The van der Waals surface area contributed by atoms with Crippen LogP contribution < -0.4 is 5.73 Å². The van der Waals surface area contributed by atoms with Crippen LogP contribution in [0.15, 0.2) is 0 Å². The van der Waals surface area contributed by atoms with Crippen LogP contribution in [-0.2, 0) is 14.4 Å². The fourth-order valence-electron chi connectivity index (χ4n) is 2.00. The van der Waals surface area contributed by atoms with Crippen LogP contribution in [0.4, 0.5) is 0 Å². The molecule has 1 aliphatic rings. The number of aliphatic carboxylic acids is 1. The van der Waals surface area contributed by atoms with E-state index in [1.54, 1.807) is 23.6 Å². The van der Waals surface area contributed by atoms with Gasteiger partial charge in [-0.15, -0.1) is 11.8 Å². The number of hydrogen-bond acceptors (Lipinski definition) is 5. The molecular weight excluding hydrogens is 294 g/mol. The van der Waals surface area contributed by atoms with Crippen molar-refractivity contribution >= 4 is 29.5 Å². The molecule has 0 saturated carbocycles. The molecular formula is C13H23N3O4S. The number of amides is 2. The molecule has 0 unspecified atom stereocenters. The third kappa shape index (κ3) is 4.89. The van der Waals surface area contributed by atoms with Crippen LogP contribution in [0.3, 0.4) is 0 Å². The maximum atomic E-state index is 12.1. The second-order valence-electron chi connectivity index (χ2n) is 5.59. The van der Waals surface area contributed by atoms with Crippen LogP contribution in [0.1, 0.15) is 20.8 Å². The SMILES string of the molecule is CC(=O)N1CCN(C(=O)CSC(C)(C)[C@@H](N)C(=O)O)CC1. The molecule has 1 rings (SSSR count). The molecule has 1 atom stereocenters. The lowest BCUT2D eigenvalue weighted by Gasteiger charge is -2.35. The first-order valence-electron chi connectivity index (χ1n) is 6.81. The normalized spacial score (nSPS) is 17.5. The van der Waals surface area contributed by atoms with E-state index in [0.29, 0.717) is 26.2 Å². The first kappa shape index (κ1) is 17.8. The Labute approximate surface area is 128 Å². The van der Waals surface area contributed by atoms with E-state index in [-0.39, 0.29) is 17.6 Å². The zero-order valence-electron chi connectivity index (χ0n) is 12.7. The highest BCUT2D eigenvalue weighted by atomic mass is 32.2. The van der Waals surface area contributed by atoms with Gasteiger partial charge in [0.1, 0.15) is 6.04 Å². The number of nitrogens with two attached hydrogens (primary N) is 1. The molecule has 0 aromatic heterocycles. The van der Waals surface area contributed by atoms with Crippen LogP contribution >= 0.6 is 11.8 Å². The van der Waals surface area contributed by atoms with Crippen molar-refractivity contribution in [3.8, 4) is 0 Å². The summed E-state index contributed by atoms with van der Waals surface area (Å²) in [5.74, 6) is -0.914. The van der Waals surface area contributed by atoms with Gasteiger partial charge in [0.25, 0.3) is 0 Å². The van der Waals surface area contributed by atoms with Crippen molar-refractivity contribution in [3.05, 3.63) is 0 Å². The molecule has 1 heterocycles. The Kier molecular flexibility index (Phi) is 6.03. The highest BCUT2D eigenvalue weighted by molar-refractivity contribution is 8.01. The molecule has 120 valence electrons. The van der Waals surface area contributed by atoms with Gasteiger partial charge in [-0.1, -0.05) is 0 Å². The van der Waals surface area contributed by atoms with E-state index in [9.17, 15) is 14.4 Å². The van der Waals surface area contributed by atoms with E-state index in [4.69, 9.17) is 10.8 Å². The van der Waals surface area contributed by atoms with Gasteiger partial charge < -0.3 is 20.6 Å². The van der Waals surface area contributed by atoms with Crippen molar-refractivity contribution in [3.63, 3.8) is 0 Å². The average Bonchev–Trinajstić information content (AvgIpc) is 2.43. The van der Waals surface area contributed by atoms with Crippen molar-refractivity contribution in [1.82, 2.24) is 9.80 Å². The minimum Gasteiger partial charge on any atom is -0.480 e. The summed E-state index contributed by atoms with van der Waals surface area (Å²) in [6.45, 7) is 7.08. The third-order valence-electron chi connectivity index (χ3n) is 3.66.